The molecule has 1 N–H and O–H groups in total. The Morgan fingerprint density at radius 1 is 1.29 bits per heavy atom. The highest BCUT2D eigenvalue weighted by Crippen LogP contribution is 2.28. The smallest absolute Gasteiger partial charge is 0.0707 e. The SMILES string of the molecule is Cc1ccccc1C1=C(Cl)C=CSN1. The summed E-state index contributed by atoms with van der Waals surface area (Å²) in [6.07, 6.45) is 1.91. The lowest BCUT2D eigenvalue weighted by molar-refractivity contribution is 1.33. The Morgan fingerprint density at radius 3 is 2.79 bits per heavy atom. The Kier molecular flexibility index (Phi) is 2.85. The van der Waals surface area contributed by atoms with E-state index in [1.165, 1.54) is 17.5 Å². The fourth-order valence-corrected chi connectivity index (χ4v) is 2.31. The lowest BCUT2D eigenvalue weighted by Gasteiger charge is -2.15. The summed E-state index contributed by atoms with van der Waals surface area (Å²) < 4.78 is 3.20. The molecule has 0 spiro atoms. The van der Waals surface area contributed by atoms with E-state index in [-0.39, 0.29) is 0 Å². The molecule has 1 aliphatic heterocycles. The molecule has 0 amide bonds. The van der Waals surface area contributed by atoms with Crippen molar-refractivity contribution in [2.24, 2.45) is 0 Å². The average Bonchev–Trinajstić information content (AvgIpc) is 2.20. The monoisotopic (exact) mass is 223 g/mol. The Labute approximate surface area is 93.0 Å². The Hall–Kier alpha value is -0.860. The van der Waals surface area contributed by atoms with Crippen LogP contribution in [-0.4, -0.2) is 0 Å². The molecule has 14 heavy (non-hydrogen) atoms. The number of rotatable bonds is 1. The summed E-state index contributed by atoms with van der Waals surface area (Å²) >= 11 is 7.64. The van der Waals surface area contributed by atoms with Crippen molar-refractivity contribution in [3.05, 3.63) is 51.9 Å². The van der Waals surface area contributed by atoms with Gasteiger partial charge in [-0.3, -0.25) is 0 Å². The zero-order valence-electron chi connectivity index (χ0n) is 7.75. The molecule has 0 radical (unpaired) electrons. The zero-order valence-corrected chi connectivity index (χ0v) is 9.32. The van der Waals surface area contributed by atoms with Gasteiger partial charge in [-0.05, 0) is 35.9 Å². The topological polar surface area (TPSA) is 12.0 Å². The van der Waals surface area contributed by atoms with E-state index in [0.29, 0.717) is 0 Å². The van der Waals surface area contributed by atoms with Crippen molar-refractivity contribution in [1.82, 2.24) is 4.72 Å². The second-order valence-corrected chi connectivity index (χ2v) is 4.18. The molecule has 0 saturated carbocycles. The summed E-state index contributed by atoms with van der Waals surface area (Å²) in [6, 6.07) is 8.19. The van der Waals surface area contributed by atoms with Gasteiger partial charge in [-0.15, -0.1) is 0 Å². The standard InChI is InChI=1S/C11H10ClNS/c1-8-4-2-3-5-9(8)11-10(12)6-7-14-13-11/h2-7,13H,1H3. The van der Waals surface area contributed by atoms with Crippen LogP contribution in [0.5, 0.6) is 0 Å². The quantitative estimate of drug-likeness (QED) is 0.730. The van der Waals surface area contributed by atoms with Crippen molar-refractivity contribution in [3.63, 3.8) is 0 Å². The normalized spacial score (nSPS) is 15.6. The predicted octanol–water partition coefficient (Wildman–Crippen LogP) is 3.67. The van der Waals surface area contributed by atoms with Crippen LogP contribution in [0.1, 0.15) is 11.1 Å². The van der Waals surface area contributed by atoms with Crippen molar-refractivity contribution in [1.29, 1.82) is 0 Å². The van der Waals surface area contributed by atoms with Gasteiger partial charge in [0.25, 0.3) is 0 Å². The highest BCUT2D eigenvalue weighted by Gasteiger charge is 2.10. The third-order valence-corrected chi connectivity index (χ3v) is 3.01. The lowest BCUT2D eigenvalue weighted by atomic mass is 10.1. The Balaban J connectivity index is 2.49. The van der Waals surface area contributed by atoms with E-state index < -0.39 is 0 Å². The van der Waals surface area contributed by atoms with Crippen LogP contribution in [-0.2, 0) is 0 Å². The van der Waals surface area contributed by atoms with E-state index in [1.807, 2.05) is 23.6 Å². The first-order valence-corrected chi connectivity index (χ1v) is 5.59. The minimum Gasteiger partial charge on any atom is -0.324 e. The number of benzene rings is 1. The van der Waals surface area contributed by atoms with Crippen molar-refractivity contribution < 1.29 is 0 Å². The van der Waals surface area contributed by atoms with E-state index in [2.05, 4.69) is 23.8 Å². The number of hydrogen-bond donors (Lipinski definition) is 1. The molecule has 3 heteroatoms. The first-order chi connectivity index (χ1) is 6.79. The summed E-state index contributed by atoms with van der Waals surface area (Å²) in [5.41, 5.74) is 3.38. The summed E-state index contributed by atoms with van der Waals surface area (Å²) in [5, 5.41) is 2.70. The van der Waals surface area contributed by atoms with E-state index in [4.69, 9.17) is 11.6 Å². The molecule has 0 aromatic heterocycles. The third kappa shape index (κ3) is 1.81. The minimum absolute atomic E-state index is 0.762. The maximum absolute atomic E-state index is 6.11. The van der Waals surface area contributed by atoms with Gasteiger partial charge in [0.05, 0.1) is 10.7 Å². The molecule has 1 nitrogen and oxygen atoms in total. The van der Waals surface area contributed by atoms with E-state index in [9.17, 15) is 0 Å². The highest BCUT2D eigenvalue weighted by molar-refractivity contribution is 8.00. The number of halogens is 1. The van der Waals surface area contributed by atoms with Gasteiger partial charge in [-0.2, -0.15) is 0 Å². The molecule has 0 aliphatic carbocycles. The van der Waals surface area contributed by atoms with Crippen molar-refractivity contribution in [3.8, 4) is 0 Å². The fraction of sp³-hybridized carbons (Fsp3) is 0.0909. The molecule has 0 fully saturated rings. The summed E-state index contributed by atoms with van der Waals surface area (Å²) in [4.78, 5) is 0. The molecular weight excluding hydrogens is 214 g/mol. The van der Waals surface area contributed by atoms with Crippen LogP contribution in [0.4, 0.5) is 0 Å². The first kappa shape index (κ1) is 9.69. The highest BCUT2D eigenvalue weighted by atomic mass is 35.5. The zero-order chi connectivity index (χ0) is 9.97. The van der Waals surface area contributed by atoms with Crippen LogP contribution in [0, 0.1) is 6.92 Å². The van der Waals surface area contributed by atoms with Gasteiger partial charge >= 0.3 is 0 Å². The molecule has 0 saturated heterocycles. The van der Waals surface area contributed by atoms with E-state index in [0.717, 1.165) is 16.3 Å². The molecule has 0 unspecified atom stereocenters. The van der Waals surface area contributed by atoms with Gasteiger partial charge in [0, 0.05) is 5.56 Å². The average molecular weight is 224 g/mol. The largest absolute Gasteiger partial charge is 0.324 e. The second-order valence-electron chi connectivity index (χ2n) is 3.06. The lowest BCUT2D eigenvalue weighted by Crippen LogP contribution is -2.06. The molecule has 72 valence electrons. The molecule has 1 heterocycles. The van der Waals surface area contributed by atoms with E-state index in [1.54, 1.807) is 0 Å². The number of hydrogen-bond acceptors (Lipinski definition) is 2. The van der Waals surface area contributed by atoms with Crippen LogP contribution in [0.25, 0.3) is 5.70 Å². The minimum atomic E-state index is 0.762. The second kappa shape index (κ2) is 4.11. The first-order valence-electron chi connectivity index (χ1n) is 4.33. The van der Waals surface area contributed by atoms with Crippen LogP contribution in [0.3, 0.4) is 0 Å². The van der Waals surface area contributed by atoms with E-state index >= 15 is 0 Å². The molecule has 1 aromatic carbocycles. The predicted molar refractivity (Wildman–Crippen MR) is 63.8 cm³/mol. The van der Waals surface area contributed by atoms with Crippen LogP contribution >= 0.6 is 23.5 Å². The molecular formula is C11H10ClNS. The number of allylic oxidation sites excluding steroid dienone is 2. The fourth-order valence-electron chi connectivity index (χ4n) is 1.36. The Morgan fingerprint density at radius 2 is 2.07 bits per heavy atom. The molecule has 2 rings (SSSR count). The Bertz CT molecular complexity index is 410. The molecule has 0 atom stereocenters. The van der Waals surface area contributed by atoms with Gasteiger partial charge in [0.15, 0.2) is 0 Å². The molecule has 1 aliphatic rings. The van der Waals surface area contributed by atoms with Gasteiger partial charge in [0.2, 0.25) is 0 Å². The number of nitrogens with one attached hydrogen (secondary N) is 1. The summed E-state index contributed by atoms with van der Waals surface area (Å²) in [5.74, 6) is 0. The summed E-state index contributed by atoms with van der Waals surface area (Å²) in [6.45, 7) is 2.08. The third-order valence-electron chi connectivity index (χ3n) is 2.10. The molecule has 1 aromatic rings. The van der Waals surface area contributed by atoms with Crippen LogP contribution in [0.2, 0.25) is 0 Å². The molecule has 0 bridgehead atoms. The van der Waals surface area contributed by atoms with Crippen LogP contribution in [0.15, 0.2) is 40.8 Å². The maximum atomic E-state index is 6.11. The van der Waals surface area contributed by atoms with Crippen molar-refractivity contribution in [2.45, 2.75) is 6.92 Å². The van der Waals surface area contributed by atoms with Crippen molar-refractivity contribution in [2.75, 3.05) is 0 Å². The van der Waals surface area contributed by atoms with Gasteiger partial charge < -0.3 is 4.72 Å². The van der Waals surface area contributed by atoms with Gasteiger partial charge in [-0.25, -0.2) is 0 Å². The summed E-state index contributed by atoms with van der Waals surface area (Å²) in [7, 11) is 0. The van der Waals surface area contributed by atoms with Gasteiger partial charge in [0.1, 0.15) is 0 Å². The number of aryl methyl sites for hydroxylation is 1. The van der Waals surface area contributed by atoms with Gasteiger partial charge in [-0.1, -0.05) is 35.9 Å². The van der Waals surface area contributed by atoms with Crippen LogP contribution < -0.4 is 4.72 Å². The maximum Gasteiger partial charge on any atom is 0.0707 e. The van der Waals surface area contributed by atoms with Crippen molar-refractivity contribution >= 4 is 29.2 Å².